The molecule has 0 amide bonds. The first-order chi connectivity index (χ1) is 7.83. The van der Waals surface area contributed by atoms with Crippen LogP contribution in [0.3, 0.4) is 0 Å². The van der Waals surface area contributed by atoms with Crippen molar-refractivity contribution < 1.29 is 4.74 Å². The molecule has 0 saturated heterocycles. The van der Waals surface area contributed by atoms with Crippen molar-refractivity contribution in [2.24, 2.45) is 0 Å². The molecular formula is C15H16O. The van der Waals surface area contributed by atoms with E-state index in [0.29, 0.717) is 6.61 Å². The molecule has 0 N–H and O–H groups in total. The summed E-state index contributed by atoms with van der Waals surface area (Å²) in [6.07, 6.45) is 0. The molecule has 0 bridgehead atoms. The maximum Gasteiger partial charge on any atom is 0.129 e. The normalized spacial score (nSPS) is 10.1. The summed E-state index contributed by atoms with van der Waals surface area (Å²) in [5.41, 5.74) is 3.56. The lowest BCUT2D eigenvalue weighted by molar-refractivity contribution is 0.339. The maximum absolute atomic E-state index is 5.72. The van der Waals surface area contributed by atoms with Gasteiger partial charge in [0.15, 0.2) is 0 Å². The van der Waals surface area contributed by atoms with Crippen LogP contribution in [-0.2, 0) is 0 Å². The molecule has 2 aromatic carbocycles. The standard InChI is InChI=1S/C15H16O/c1-3-16-15-12(2)8-7-11-14(15)13-9-5-4-6-10-13/h4-11H,3H2,1-2H3. The van der Waals surface area contributed by atoms with Crippen molar-refractivity contribution in [1.29, 1.82) is 0 Å². The molecule has 0 aromatic heterocycles. The molecule has 0 fully saturated rings. The van der Waals surface area contributed by atoms with E-state index in [1.165, 1.54) is 16.7 Å². The summed E-state index contributed by atoms with van der Waals surface area (Å²) < 4.78 is 5.72. The van der Waals surface area contributed by atoms with E-state index in [9.17, 15) is 0 Å². The molecule has 1 heteroatoms. The minimum absolute atomic E-state index is 0.699. The SMILES string of the molecule is CCOc1c(C)cccc1-c1ccccc1. The summed E-state index contributed by atoms with van der Waals surface area (Å²) in [6.45, 7) is 4.79. The highest BCUT2D eigenvalue weighted by molar-refractivity contribution is 5.71. The smallest absolute Gasteiger partial charge is 0.129 e. The summed E-state index contributed by atoms with van der Waals surface area (Å²) in [6, 6.07) is 16.6. The number of ether oxygens (including phenoxy) is 1. The number of rotatable bonds is 3. The van der Waals surface area contributed by atoms with Crippen molar-refractivity contribution in [1.82, 2.24) is 0 Å². The van der Waals surface area contributed by atoms with Gasteiger partial charge in [0.1, 0.15) is 5.75 Å². The first-order valence-electron chi connectivity index (χ1n) is 5.60. The Morgan fingerprint density at radius 2 is 1.69 bits per heavy atom. The zero-order chi connectivity index (χ0) is 11.4. The molecule has 0 aliphatic heterocycles. The molecule has 16 heavy (non-hydrogen) atoms. The summed E-state index contributed by atoms with van der Waals surface area (Å²) in [4.78, 5) is 0. The molecule has 0 atom stereocenters. The Labute approximate surface area is 96.7 Å². The van der Waals surface area contributed by atoms with Crippen LogP contribution in [0.15, 0.2) is 48.5 Å². The van der Waals surface area contributed by atoms with Crippen molar-refractivity contribution in [3.63, 3.8) is 0 Å². The summed E-state index contributed by atoms with van der Waals surface area (Å²) >= 11 is 0. The fourth-order valence-corrected chi connectivity index (χ4v) is 1.83. The van der Waals surface area contributed by atoms with Crippen LogP contribution in [-0.4, -0.2) is 6.61 Å². The van der Waals surface area contributed by atoms with Crippen LogP contribution >= 0.6 is 0 Å². The van der Waals surface area contributed by atoms with E-state index in [1.54, 1.807) is 0 Å². The van der Waals surface area contributed by atoms with Crippen LogP contribution in [0.1, 0.15) is 12.5 Å². The Hall–Kier alpha value is -1.76. The second-order valence-corrected chi connectivity index (χ2v) is 3.75. The zero-order valence-corrected chi connectivity index (χ0v) is 9.73. The molecule has 0 heterocycles. The van der Waals surface area contributed by atoms with Gasteiger partial charge in [0, 0.05) is 5.56 Å². The van der Waals surface area contributed by atoms with Gasteiger partial charge >= 0.3 is 0 Å². The quantitative estimate of drug-likeness (QED) is 0.745. The molecule has 0 unspecified atom stereocenters. The van der Waals surface area contributed by atoms with Gasteiger partial charge < -0.3 is 4.74 Å². The Balaban J connectivity index is 2.52. The summed E-state index contributed by atoms with van der Waals surface area (Å²) in [5.74, 6) is 0.996. The Morgan fingerprint density at radius 3 is 2.38 bits per heavy atom. The predicted octanol–water partition coefficient (Wildman–Crippen LogP) is 4.06. The summed E-state index contributed by atoms with van der Waals surface area (Å²) in [7, 11) is 0. The van der Waals surface area contributed by atoms with Gasteiger partial charge in [-0.25, -0.2) is 0 Å². The third-order valence-electron chi connectivity index (χ3n) is 2.59. The number of hydrogen-bond acceptors (Lipinski definition) is 1. The number of para-hydroxylation sites is 1. The molecule has 0 saturated carbocycles. The van der Waals surface area contributed by atoms with E-state index in [1.807, 2.05) is 25.1 Å². The molecule has 0 aliphatic carbocycles. The van der Waals surface area contributed by atoms with E-state index in [0.717, 1.165) is 5.75 Å². The predicted molar refractivity (Wildman–Crippen MR) is 67.8 cm³/mol. The second kappa shape index (κ2) is 4.84. The van der Waals surface area contributed by atoms with Gasteiger partial charge in [-0.2, -0.15) is 0 Å². The molecular weight excluding hydrogens is 196 g/mol. The average molecular weight is 212 g/mol. The van der Waals surface area contributed by atoms with E-state index < -0.39 is 0 Å². The van der Waals surface area contributed by atoms with Gasteiger partial charge in [-0.1, -0.05) is 48.5 Å². The van der Waals surface area contributed by atoms with E-state index in [2.05, 4.69) is 37.3 Å². The first kappa shape index (κ1) is 10.7. The van der Waals surface area contributed by atoms with E-state index >= 15 is 0 Å². The summed E-state index contributed by atoms with van der Waals surface area (Å²) in [5, 5.41) is 0. The lowest BCUT2D eigenvalue weighted by Crippen LogP contribution is -1.96. The number of benzene rings is 2. The van der Waals surface area contributed by atoms with Crippen LogP contribution in [0.5, 0.6) is 5.75 Å². The van der Waals surface area contributed by atoms with Crippen molar-refractivity contribution in [2.75, 3.05) is 6.61 Å². The molecule has 2 rings (SSSR count). The third kappa shape index (κ3) is 2.08. The van der Waals surface area contributed by atoms with Crippen molar-refractivity contribution in [3.05, 3.63) is 54.1 Å². The zero-order valence-electron chi connectivity index (χ0n) is 9.73. The highest BCUT2D eigenvalue weighted by Gasteiger charge is 2.07. The minimum Gasteiger partial charge on any atom is -0.493 e. The minimum atomic E-state index is 0.699. The largest absolute Gasteiger partial charge is 0.493 e. The van der Waals surface area contributed by atoms with Crippen molar-refractivity contribution in [3.8, 4) is 16.9 Å². The van der Waals surface area contributed by atoms with Crippen molar-refractivity contribution in [2.45, 2.75) is 13.8 Å². The van der Waals surface area contributed by atoms with Crippen LogP contribution in [0.2, 0.25) is 0 Å². The van der Waals surface area contributed by atoms with Crippen LogP contribution in [0.4, 0.5) is 0 Å². The first-order valence-corrected chi connectivity index (χ1v) is 5.60. The van der Waals surface area contributed by atoms with Crippen LogP contribution < -0.4 is 4.74 Å². The lowest BCUT2D eigenvalue weighted by Gasteiger charge is -2.12. The number of aryl methyl sites for hydroxylation is 1. The lowest BCUT2D eigenvalue weighted by atomic mass is 10.0. The molecule has 1 nitrogen and oxygen atoms in total. The highest BCUT2D eigenvalue weighted by Crippen LogP contribution is 2.32. The van der Waals surface area contributed by atoms with E-state index in [4.69, 9.17) is 4.74 Å². The monoisotopic (exact) mass is 212 g/mol. The second-order valence-electron chi connectivity index (χ2n) is 3.75. The topological polar surface area (TPSA) is 9.23 Å². The Morgan fingerprint density at radius 1 is 0.938 bits per heavy atom. The van der Waals surface area contributed by atoms with Crippen LogP contribution in [0.25, 0.3) is 11.1 Å². The Bertz CT molecular complexity index is 460. The highest BCUT2D eigenvalue weighted by atomic mass is 16.5. The van der Waals surface area contributed by atoms with Crippen LogP contribution in [0, 0.1) is 6.92 Å². The number of hydrogen-bond donors (Lipinski definition) is 0. The molecule has 0 spiro atoms. The van der Waals surface area contributed by atoms with Crippen molar-refractivity contribution >= 4 is 0 Å². The maximum atomic E-state index is 5.72. The molecule has 0 aliphatic rings. The molecule has 0 radical (unpaired) electrons. The fourth-order valence-electron chi connectivity index (χ4n) is 1.83. The van der Waals surface area contributed by atoms with Gasteiger partial charge in [-0.3, -0.25) is 0 Å². The van der Waals surface area contributed by atoms with Gasteiger partial charge in [-0.15, -0.1) is 0 Å². The average Bonchev–Trinajstić information content (AvgIpc) is 2.33. The van der Waals surface area contributed by atoms with Gasteiger partial charge in [0.25, 0.3) is 0 Å². The Kier molecular flexibility index (Phi) is 3.25. The van der Waals surface area contributed by atoms with E-state index in [-0.39, 0.29) is 0 Å². The van der Waals surface area contributed by atoms with Gasteiger partial charge in [0.05, 0.1) is 6.61 Å². The third-order valence-corrected chi connectivity index (χ3v) is 2.59. The van der Waals surface area contributed by atoms with Gasteiger partial charge in [0.2, 0.25) is 0 Å². The molecule has 82 valence electrons. The van der Waals surface area contributed by atoms with Gasteiger partial charge in [-0.05, 0) is 25.0 Å². The fraction of sp³-hybridized carbons (Fsp3) is 0.200. The molecule has 2 aromatic rings.